The number of anilines is 1. The Morgan fingerprint density at radius 2 is 1.76 bits per heavy atom. The smallest absolute Gasteiger partial charge is 0.459 e. The van der Waals surface area contributed by atoms with Crippen LogP contribution in [0.4, 0.5) is 40.8 Å². The van der Waals surface area contributed by atoms with Gasteiger partial charge in [0.15, 0.2) is 11.3 Å². The van der Waals surface area contributed by atoms with Crippen LogP contribution in [0, 0.1) is 6.92 Å². The molecule has 18 heteroatoms. The van der Waals surface area contributed by atoms with Crippen molar-refractivity contribution < 1.29 is 49.1 Å². The molecular formula is C23H12F8N6O3S. The van der Waals surface area contributed by atoms with Gasteiger partial charge in [0.1, 0.15) is 26.9 Å². The molecule has 2 amide bonds. The summed E-state index contributed by atoms with van der Waals surface area (Å²) >= 11 is 0.422. The molecule has 5 rings (SSSR count). The number of nitrogens with zero attached hydrogens (tertiary/aromatic N) is 4. The second-order valence-electron chi connectivity index (χ2n) is 8.49. The van der Waals surface area contributed by atoms with Crippen molar-refractivity contribution in [2.24, 2.45) is 5.73 Å². The zero-order chi connectivity index (χ0) is 30.1. The number of fused-ring (bicyclic) bond motifs is 2. The number of alkyl halides is 8. The minimum absolute atomic E-state index is 0.0985. The van der Waals surface area contributed by atoms with Gasteiger partial charge in [-0.25, -0.2) is 14.5 Å². The van der Waals surface area contributed by atoms with Crippen LogP contribution in [0.15, 0.2) is 41.0 Å². The average Bonchev–Trinajstić information content (AvgIpc) is 3.60. The summed E-state index contributed by atoms with van der Waals surface area (Å²) in [4.78, 5) is 31.9. The summed E-state index contributed by atoms with van der Waals surface area (Å²) in [5, 5.41) is 5.63. The number of amides is 2. The molecule has 0 radical (unpaired) electrons. The maximum Gasteiger partial charge on any atom is 0.459 e. The molecule has 41 heavy (non-hydrogen) atoms. The van der Waals surface area contributed by atoms with E-state index in [1.54, 1.807) is 0 Å². The fraction of sp³-hybridized carbons (Fsp3) is 0.174. The highest BCUT2D eigenvalue weighted by Gasteiger charge is 2.60. The number of hydrogen-bond acceptors (Lipinski definition) is 7. The third-order valence-electron chi connectivity index (χ3n) is 5.67. The lowest BCUT2D eigenvalue weighted by atomic mass is 10.1. The van der Waals surface area contributed by atoms with Gasteiger partial charge >= 0.3 is 18.3 Å². The first-order chi connectivity index (χ1) is 19.0. The fourth-order valence-electron chi connectivity index (χ4n) is 3.92. The Hall–Kier alpha value is -4.61. The monoisotopic (exact) mass is 604 g/mol. The van der Waals surface area contributed by atoms with Crippen LogP contribution in [0.25, 0.3) is 27.2 Å². The summed E-state index contributed by atoms with van der Waals surface area (Å²) in [6.45, 7) is 1.15. The number of primary amides is 1. The Balaban J connectivity index is 1.67. The van der Waals surface area contributed by atoms with Crippen LogP contribution in [0.5, 0.6) is 0 Å². The Kier molecular flexibility index (Phi) is 6.28. The Labute approximate surface area is 225 Å². The summed E-state index contributed by atoms with van der Waals surface area (Å²) in [5.74, 6) is -7.87. The molecule has 0 fully saturated rings. The molecule has 0 bridgehead atoms. The van der Waals surface area contributed by atoms with E-state index < -0.39 is 63.4 Å². The van der Waals surface area contributed by atoms with E-state index in [2.05, 4.69) is 20.4 Å². The number of halogens is 8. The van der Waals surface area contributed by atoms with Crippen LogP contribution in [-0.2, 0) is 12.1 Å². The Morgan fingerprint density at radius 3 is 2.34 bits per heavy atom. The van der Waals surface area contributed by atoms with Gasteiger partial charge in [-0.15, -0.1) is 11.3 Å². The quantitative estimate of drug-likeness (QED) is 0.239. The Bertz CT molecular complexity index is 1840. The zero-order valence-corrected chi connectivity index (χ0v) is 20.8. The number of carbonyl (C=O) groups is 2. The first-order valence-corrected chi connectivity index (χ1v) is 11.8. The van der Waals surface area contributed by atoms with Gasteiger partial charge < -0.3 is 15.5 Å². The summed E-state index contributed by atoms with van der Waals surface area (Å²) < 4.78 is 114. The van der Waals surface area contributed by atoms with E-state index in [1.807, 2.05) is 0 Å². The highest BCUT2D eigenvalue weighted by atomic mass is 32.1. The molecule has 5 heterocycles. The molecule has 5 aromatic heterocycles. The van der Waals surface area contributed by atoms with E-state index in [4.69, 9.17) is 10.2 Å². The van der Waals surface area contributed by atoms with E-state index in [1.165, 1.54) is 12.1 Å². The number of pyridine rings is 1. The van der Waals surface area contributed by atoms with Gasteiger partial charge in [0.25, 0.3) is 11.8 Å². The van der Waals surface area contributed by atoms with E-state index in [-0.39, 0.29) is 31.7 Å². The van der Waals surface area contributed by atoms with Crippen molar-refractivity contribution in [1.82, 2.24) is 19.6 Å². The molecule has 5 aromatic rings. The largest absolute Gasteiger partial charge is 0.464 e. The standard InChI is InChI=1S/C23H12F8N6O3S/c1-8-5-13(21(24,25)23(29,30)31)37-14(33-8)7-10(36-37)19(39)35-16-15-9(11-3-2-4-40-11)6-12(22(26,27)28)34-20(15)41-17(16)18(32)38/h2-7H,1H3,(H2,32,38)(H,35,39). The summed E-state index contributed by atoms with van der Waals surface area (Å²) in [5.41, 5.74) is 0.320. The van der Waals surface area contributed by atoms with Crippen LogP contribution in [0.1, 0.15) is 37.2 Å². The minimum Gasteiger partial charge on any atom is -0.464 e. The second kappa shape index (κ2) is 9.22. The van der Waals surface area contributed by atoms with Crippen molar-refractivity contribution >= 4 is 44.7 Å². The maximum absolute atomic E-state index is 14.2. The number of rotatable bonds is 5. The van der Waals surface area contributed by atoms with Gasteiger partial charge in [-0.05, 0) is 31.2 Å². The third-order valence-corrected chi connectivity index (χ3v) is 6.77. The van der Waals surface area contributed by atoms with Gasteiger partial charge in [-0.1, -0.05) is 0 Å². The minimum atomic E-state index is -6.00. The summed E-state index contributed by atoms with van der Waals surface area (Å²) in [7, 11) is 0. The lowest BCUT2D eigenvalue weighted by molar-refractivity contribution is -0.291. The SMILES string of the molecule is Cc1cc(C(F)(F)C(F)(F)F)n2nc(C(=O)Nc3c(C(N)=O)sc4nc(C(F)(F)F)cc(-c5ccco5)c34)cc2n1. The fourth-order valence-corrected chi connectivity index (χ4v) is 4.93. The van der Waals surface area contributed by atoms with Crippen LogP contribution in [-0.4, -0.2) is 37.6 Å². The molecule has 3 N–H and O–H groups in total. The number of hydrogen-bond donors (Lipinski definition) is 2. The van der Waals surface area contributed by atoms with Crippen molar-refractivity contribution in [3.63, 3.8) is 0 Å². The zero-order valence-electron chi connectivity index (χ0n) is 20.0. The highest BCUT2D eigenvalue weighted by Crippen LogP contribution is 2.45. The van der Waals surface area contributed by atoms with Crippen molar-refractivity contribution in [2.45, 2.75) is 25.2 Å². The molecule has 0 spiro atoms. The summed E-state index contributed by atoms with van der Waals surface area (Å²) in [6, 6.07) is 4.56. The molecule has 0 saturated heterocycles. The van der Waals surface area contributed by atoms with Crippen LogP contribution in [0.2, 0.25) is 0 Å². The lowest BCUT2D eigenvalue weighted by Gasteiger charge is -2.20. The third kappa shape index (κ3) is 4.72. The van der Waals surface area contributed by atoms with Gasteiger partial charge in [-0.2, -0.15) is 40.2 Å². The Morgan fingerprint density at radius 1 is 1.05 bits per heavy atom. The van der Waals surface area contributed by atoms with Gasteiger partial charge in [0.05, 0.1) is 12.0 Å². The summed E-state index contributed by atoms with van der Waals surface area (Å²) in [6.07, 6.45) is -9.75. The highest BCUT2D eigenvalue weighted by molar-refractivity contribution is 7.21. The number of aryl methyl sites for hydroxylation is 1. The molecule has 0 atom stereocenters. The van der Waals surface area contributed by atoms with Crippen molar-refractivity contribution in [3.05, 3.63) is 64.2 Å². The molecule has 0 saturated carbocycles. The van der Waals surface area contributed by atoms with Gasteiger partial charge in [0, 0.05) is 22.7 Å². The molecule has 214 valence electrons. The number of furan rings is 1. The predicted molar refractivity (Wildman–Crippen MR) is 126 cm³/mol. The van der Waals surface area contributed by atoms with Crippen LogP contribution in [0.3, 0.4) is 0 Å². The maximum atomic E-state index is 14.2. The van der Waals surface area contributed by atoms with Crippen molar-refractivity contribution in [2.75, 3.05) is 5.32 Å². The molecule has 0 aliphatic rings. The number of nitrogens with one attached hydrogen (secondary N) is 1. The van der Waals surface area contributed by atoms with Crippen LogP contribution < -0.4 is 11.1 Å². The second-order valence-corrected chi connectivity index (χ2v) is 9.49. The molecule has 0 unspecified atom stereocenters. The average molecular weight is 604 g/mol. The van der Waals surface area contributed by atoms with Crippen molar-refractivity contribution in [3.8, 4) is 11.3 Å². The topological polar surface area (TPSA) is 128 Å². The predicted octanol–water partition coefficient (Wildman–Crippen LogP) is 5.93. The van der Waals surface area contributed by atoms with Gasteiger partial charge in [-0.3, -0.25) is 9.59 Å². The number of carbonyl (C=O) groups excluding carboxylic acids is 2. The molecule has 0 aliphatic heterocycles. The van der Waals surface area contributed by atoms with E-state index in [0.29, 0.717) is 23.5 Å². The number of aromatic nitrogens is 4. The molecule has 9 nitrogen and oxygen atoms in total. The van der Waals surface area contributed by atoms with E-state index in [9.17, 15) is 44.7 Å². The van der Waals surface area contributed by atoms with E-state index in [0.717, 1.165) is 19.3 Å². The van der Waals surface area contributed by atoms with Gasteiger partial charge in [0.2, 0.25) is 0 Å². The first kappa shape index (κ1) is 27.9. The number of nitrogens with two attached hydrogens (primary N) is 1. The lowest BCUT2D eigenvalue weighted by Crippen LogP contribution is -2.36. The normalized spacial score (nSPS) is 12.8. The van der Waals surface area contributed by atoms with Crippen molar-refractivity contribution in [1.29, 1.82) is 0 Å². The first-order valence-electron chi connectivity index (χ1n) is 11.0. The molecule has 0 aliphatic carbocycles. The molecular weight excluding hydrogens is 592 g/mol. The van der Waals surface area contributed by atoms with Crippen LogP contribution >= 0.6 is 11.3 Å². The number of thiophene rings is 1. The van der Waals surface area contributed by atoms with E-state index >= 15 is 0 Å². The molecule has 0 aromatic carbocycles.